The maximum Gasteiger partial charge on any atom is 0.176 e. The third-order valence-electron chi connectivity index (χ3n) is 2.45. The Labute approximate surface area is 129 Å². The van der Waals surface area contributed by atoms with Crippen LogP contribution in [0.3, 0.4) is 0 Å². The first-order valence-corrected chi connectivity index (χ1v) is 6.88. The van der Waals surface area contributed by atoms with Crippen LogP contribution in [0.5, 0.6) is 0 Å². The minimum Gasteiger partial charge on any atom is -0.379 e. The third kappa shape index (κ3) is 5.13. The van der Waals surface area contributed by atoms with Gasteiger partial charge in [0.15, 0.2) is 5.17 Å². The molecule has 1 aromatic carbocycles. The number of rotatable bonds is 2. The first-order chi connectivity index (χ1) is 8.38. The van der Waals surface area contributed by atoms with E-state index in [1.165, 1.54) is 0 Å². The zero-order chi connectivity index (χ0) is 11.9. The highest BCUT2D eigenvalue weighted by Crippen LogP contribution is 2.12. The molecule has 0 aromatic heterocycles. The normalized spacial score (nSPS) is 17.1. The van der Waals surface area contributed by atoms with Crippen LogP contribution in [0.25, 0.3) is 0 Å². The highest BCUT2D eigenvalue weighted by atomic mass is 127. The average Bonchev–Trinajstić information content (AvgIpc) is 2.40. The van der Waals surface area contributed by atoms with Gasteiger partial charge in [-0.25, -0.2) is 10.0 Å². The number of para-hydroxylation sites is 1. The standard InChI is InChI=1S/C12H17N3OS.HI/c1-17-12(13-11-5-3-2-4-6-11)14-15-7-9-16-10-8-15;/h2-6H,7-10H2,1H3,(H,13,14);1H. The number of hydrogen-bond acceptors (Lipinski definition) is 4. The lowest BCUT2D eigenvalue weighted by Gasteiger charge is -2.27. The molecule has 0 atom stereocenters. The number of ether oxygens (including phenoxy) is 1. The van der Waals surface area contributed by atoms with E-state index in [4.69, 9.17) is 4.74 Å². The van der Waals surface area contributed by atoms with E-state index < -0.39 is 0 Å². The Morgan fingerprint density at radius 2 is 1.94 bits per heavy atom. The van der Waals surface area contributed by atoms with Crippen LogP contribution < -0.4 is 5.43 Å². The van der Waals surface area contributed by atoms with E-state index >= 15 is 0 Å². The van der Waals surface area contributed by atoms with Gasteiger partial charge in [-0.2, -0.15) is 0 Å². The van der Waals surface area contributed by atoms with Crippen molar-refractivity contribution >= 4 is 46.6 Å². The molecule has 1 N–H and O–H groups in total. The predicted octanol–water partition coefficient (Wildman–Crippen LogP) is 2.49. The molecule has 100 valence electrons. The van der Waals surface area contributed by atoms with Gasteiger partial charge in [0.1, 0.15) is 0 Å². The lowest BCUT2D eigenvalue weighted by Crippen LogP contribution is -2.47. The molecule has 1 fully saturated rings. The number of aliphatic imine (C=N–C) groups is 1. The van der Waals surface area contributed by atoms with E-state index in [1.54, 1.807) is 11.8 Å². The molecule has 0 spiro atoms. The molecule has 0 aliphatic carbocycles. The molecule has 1 aliphatic heterocycles. The first-order valence-electron chi connectivity index (χ1n) is 5.65. The highest BCUT2D eigenvalue weighted by Gasteiger charge is 2.11. The summed E-state index contributed by atoms with van der Waals surface area (Å²) in [5, 5.41) is 3.06. The van der Waals surface area contributed by atoms with Gasteiger partial charge in [0.25, 0.3) is 0 Å². The Bertz CT molecular complexity index is 369. The molecule has 1 aliphatic rings. The van der Waals surface area contributed by atoms with Gasteiger partial charge < -0.3 is 4.74 Å². The Balaban J connectivity index is 0.00000162. The summed E-state index contributed by atoms with van der Waals surface area (Å²) in [5.41, 5.74) is 4.29. The SMILES string of the molecule is CSC(=Nc1ccccc1)NN1CCOCC1.I. The van der Waals surface area contributed by atoms with Crippen LogP contribution in [-0.4, -0.2) is 42.7 Å². The van der Waals surface area contributed by atoms with Gasteiger partial charge in [-0.1, -0.05) is 30.0 Å². The van der Waals surface area contributed by atoms with Gasteiger partial charge in [-0.3, -0.25) is 5.43 Å². The van der Waals surface area contributed by atoms with E-state index in [1.807, 2.05) is 36.6 Å². The Hall–Kier alpha value is -0.310. The molecule has 1 aromatic rings. The van der Waals surface area contributed by atoms with Crippen molar-refractivity contribution in [2.24, 2.45) is 4.99 Å². The van der Waals surface area contributed by atoms with Crippen LogP contribution in [0.4, 0.5) is 5.69 Å². The number of nitrogens with one attached hydrogen (secondary N) is 1. The van der Waals surface area contributed by atoms with Crippen LogP contribution in [0.15, 0.2) is 35.3 Å². The number of nitrogens with zero attached hydrogens (tertiary/aromatic N) is 2. The maximum absolute atomic E-state index is 5.30. The maximum atomic E-state index is 5.30. The molecule has 18 heavy (non-hydrogen) atoms. The summed E-state index contributed by atoms with van der Waals surface area (Å²) in [6, 6.07) is 9.97. The minimum atomic E-state index is 0. The summed E-state index contributed by atoms with van der Waals surface area (Å²) >= 11 is 1.61. The zero-order valence-electron chi connectivity index (χ0n) is 10.3. The van der Waals surface area contributed by atoms with Crippen molar-refractivity contribution in [3.05, 3.63) is 30.3 Å². The quantitative estimate of drug-likeness (QED) is 0.487. The Morgan fingerprint density at radius 1 is 1.28 bits per heavy atom. The summed E-state index contributed by atoms with van der Waals surface area (Å²) in [5.74, 6) is 0. The van der Waals surface area contributed by atoms with Crippen LogP contribution in [0.2, 0.25) is 0 Å². The number of thioether (sulfide) groups is 1. The van der Waals surface area contributed by atoms with Crippen LogP contribution >= 0.6 is 35.7 Å². The van der Waals surface area contributed by atoms with Crippen molar-refractivity contribution in [1.82, 2.24) is 10.4 Å². The van der Waals surface area contributed by atoms with Gasteiger partial charge in [0.2, 0.25) is 0 Å². The summed E-state index contributed by atoms with van der Waals surface area (Å²) in [7, 11) is 0. The monoisotopic (exact) mass is 379 g/mol. The number of hydrogen-bond donors (Lipinski definition) is 1. The average molecular weight is 379 g/mol. The number of amidine groups is 1. The second-order valence-corrected chi connectivity index (χ2v) is 4.46. The zero-order valence-corrected chi connectivity index (χ0v) is 13.5. The van der Waals surface area contributed by atoms with Gasteiger partial charge in [-0.15, -0.1) is 24.0 Å². The molecule has 2 rings (SSSR count). The summed E-state index contributed by atoms with van der Waals surface area (Å²) in [6.45, 7) is 3.35. The number of hydrazine groups is 1. The van der Waals surface area contributed by atoms with Gasteiger partial charge in [-0.05, 0) is 18.4 Å². The second kappa shape index (κ2) is 8.73. The largest absolute Gasteiger partial charge is 0.379 e. The molecular formula is C12H18IN3OS. The second-order valence-electron chi connectivity index (χ2n) is 3.67. The fourth-order valence-corrected chi connectivity index (χ4v) is 1.96. The summed E-state index contributed by atoms with van der Waals surface area (Å²) in [4.78, 5) is 4.56. The molecule has 0 saturated carbocycles. The van der Waals surface area contributed by atoms with Gasteiger partial charge in [0.05, 0.1) is 18.9 Å². The van der Waals surface area contributed by atoms with Crippen molar-refractivity contribution in [3.8, 4) is 0 Å². The molecule has 0 amide bonds. The molecule has 4 nitrogen and oxygen atoms in total. The smallest absolute Gasteiger partial charge is 0.176 e. The van der Waals surface area contributed by atoms with E-state index in [0.29, 0.717) is 0 Å². The van der Waals surface area contributed by atoms with Crippen molar-refractivity contribution in [2.75, 3.05) is 32.6 Å². The molecule has 1 saturated heterocycles. The third-order valence-corrected chi connectivity index (χ3v) is 3.01. The van der Waals surface area contributed by atoms with Crippen LogP contribution in [-0.2, 0) is 4.74 Å². The van der Waals surface area contributed by atoms with E-state index in [2.05, 4.69) is 15.4 Å². The number of benzene rings is 1. The molecule has 0 unspecified atom stereocenters. The van der Waals surface area contributed by atoms with Crippen molar-refractivity contribution < 1.29 is 4.74 Å². The van der Waals surface area contributed by atoms with Gasteiger partial charge >= 0.3 is 0 Å². The van der Waals surface area contributed by atoms with Crippen molar-refractivity contribution in [1.29, 1.82) is 0 Å². The minimum absolute atomic E-state index is 0. The fraction of sp³-hybridized carbons (Fsp3) is 0.417. The number of halogens is 1. The summed E-state index contributed by atoms with van der Waals surface area (Å²) < 4.78 is 5.30. The van der Waals surface area contributed by atoms with Gasteiger partial charge in [0, 0.05) is 13.1 Å². The lowest BCUT2D eigenvalue weighted by atomic mass is 10.3. The van der Waals surface area contributed by atoms with E-state index in [0.717, 1.165) is 37.2 Å². The topological polar surface area (TPSA) is 36.9 Å². The summed E-state index contributed by atoms with van der Waals surface area (Å²) in [6.07, 6.45) is 2.02. The van der Waals surface area contributed by atoms with Crippen LogP contribution in [0, 0.1) is 0 Å². The fourth-order valence-electron chi connectivity index (χ4n) is 1.55. The molecule has 0 radical (unpaired) electrons. The first kappa shape index (κ1) is 15.7. The van der Waals surface area contributed by atoms with Crippen LogP contribution in [0.1, 0.15) is 0 Å². The highest BCUT2D eigenvalue weighted by molar-refractivity contribution is 14.0. The Morgan fingerprint density at radius 3 is 2.56 bits per heavy atom. The number of morpholine rings is 1. The lowest BCUT2D eigenvalue weighted by molar-refractivity contribution is 0.0254. The van der Waals surface area contributed by atoms with E-state index in [-0.39, 0.29) is 24.0 Å². The predicted molar refractivity (Wildman–Crippen MR) is 88.0 cm³/mol. The Kier molecular flexibility index (Phi) is 7.64. The molecular weight excluding hydrogens is 361 g/mol. The van der Waals surface area contributed by atoms with Crippen molar-refractivity contribution in [2.45, 2.75) is 0 Å². The van der Waals surface area contributed by atoms with Crippen molar-refractivity contribution in [3.63, 3.8) is 0 Å². The molecule has 0 bridgehead atoms. The molecule has 6 heteroatoms. The van der Waals surface area contributed by atoms with E-state index in [9.17, 15) is 0 Å². The molecule has 1 heterocycles.